The molecule has 0 aliphatic heterocycles. The number of aliphatic hydroxyl groups excluding tert-OH is 1. The minimum Gasteiger partial charge on any atom is -0.423 e. The van der Waals surface area contributed by atoms with Crippen molar-refractivity contribution in [2.24, 2.45) is 0 Å². The molecule has 90 valence electrons. The zero-order valence-electron chi connectivity index (χ0n) is 9.42. The lowest BCUT2D eigenvalue weighted by molar-refractivity contribution is 0.282. The molecule has 1 N–H and O–H groups in total. The zero-order valence-corrected chi connectivity index (χ0v) is 10.2. The van der Waals surface area contributed by atoms with Gasteiger partial charge < -0.3 is 9.52 Å². The molecule has 1 aromatic carbocycles. The van der Waals surface area contributed by atoms with Gasteiger partial charge in [0, 0.05) is 17.0 Å². The molecular weight excluding hydrogens is 248 g/mol. The highest BCUT2D eigenvalue weighted by Crippen LogP contribution is 2.29. The van der Waals surface area contributed by atoms with Gasteiger partial charge in [-0.2, -0.15) is 11.3 Å². The van der Waals surface area contributed by atoms with E-state index in [0.717, 1.165) is 22.1 Å². The maximum absolute atomic E-state index is 11.6. The van der Waals surface area contributed by atoms with Crippen molar-refractivity contribution in [3.05, 3.63) is 57.1 Å². The minimum atomic E-state index is -0.376. The smallest absolute Gasteiger partial charge is 0.336 e. The van der Waals surface area contributed by atoms with E-state index in [2.05, 4.69) is 0 Å². The first-order valence-corrected chi connectivity index (χ1v) is 6.42. The van der Waals surface area contributed by atoms with Crippen LogP contribution in [0.4, 0.5) is 0 Å². The summed E-state index contributed by atoms with van der Waals surface area (Å²) < 4.78 is 5.18. The van der Waals surface area contributed by atoms with Crippen molar-refractivity contribution < 1.29 is 9.52 Å². The van der Waals surface area contributed by atoms with Crippen molar-refractivity contribution >= 4 is 22.3 Å². The van der Waals surface area contributed by atoms with E-state index in [9.17, 15) is 4.79 Å². The second-order valence-electron chi connectivity index (χ2n) is 3.98. The molecule has 0 unspecified atom stereocenters. The van der Waals surface area contributed by atoms with Crippen molar-refractivity contribution in [3.63, 3.8) is 0 Å². The molecule has 0 saturated heterocycles. The number of hydrogen-bond donors (Lipinski definition) is 1. The largest absolute Gasteiger partial charge is 0.423 e. The average Bonchev–Trinajstić information content (AvgIpc) is 2.90. The van der Waals surface area contributed by atoms with Gasteiger partial charge in [0.05, 0.1) is 6.61 Å². The Morgan fingerprint density at radius 1 is 1.22 bits per heavy atom. The Labute approximate surface area is 107 Å². The van der Waals surface area contributed by atoms with Gasteiger partial charge in [-0.25, -0.2) is 4.79 Å². The minimum absolute atomic E-state index is 0.0671. The van der Waals surface area contributed by atoms with Crippen molar-refractivity contribution in [2.75, 3.05) is 0 Å². The van der Waals surface area contributed by atoms with Crippen LogP contribution >= 0.6 is 11.3 Å². The van der Waals surface area contributed by atoms with Crippen molar-refractivity contribution in [3.8, 4) is 11.1 Å². The monoisotopic (exact) mass is 258 g/mol. The second kappa shape index (κ2) is 4.40. The summed E-state index contributed by atoms with van der Waals surface area (Å²) in [5, 5.41) is 13.9. The molecule has 18 heavy (non-hydrogen) atoms. The first-order chi connectivity index (χ1) is 8.78. The van der Waals surface area contributed by atoms with Crippen LogP contribution in [-0.4, -0.2) is 5.11 Å². The maximum Gasteiger partial charge on any atom is 0.336 e. The van der Waals surface area contributed by atoms with Crippen molar-refractivity contribution in [1.29, 1.82) is 0 Å². The third-order valence-corrected chi connectivity index (χ3v) is 3.51. The van der Waals surface area contributed by atoms with Gasteiger partial charge in [0.25, 0.3) is 0 Å². The first-order valence-electron chi connectivity index (χ1n) is 5.48. The fraction of sp³-hybridized carbons (Fsp3) is 0.0714. The van der Waals surface area contributed by atoms with Crippen LogP contribution in [0.3, 0.4) is 0 Å². The predicted octanol–water partition coefficient (Wildman–Crippen LogP) is 3.01. The number of thiophene rings is 1. The highest BCUT2D eigenvalue weighted by atomic mass is 32.1. The molecule has 0 amide bonds. The molecular formula is C14H10O3S. The lowest BCUT2D eigenvalue weighted by atomic mass is 10.0. The van der Waals surface area contributed by atoms with Crippen LogP contribution in [0, 0.1) is 0 Å². The van der Waals surface area contributed by atoms with Gasteiger partial charge in [0.1, 0.15) is 5.58 Å². The van der Waals surface area contributed by atoms with Gasteiger partial charge in [-0.15, -0.1) is 0 Å². The fourth-order valence-corrected chi connectivity index (χ4v) is 2.62. The molecule has 0 fully saturated rings. The quantitative estimate of drug-likeness (QED) is 0.719. The summed E-state index contributed by atoms with van der Waals surface area (Å²) in [5.74, 6) is 0. The molecule has 0 atom stereocenters. The van der Waals surface area contributed by atoms with Crippen LogP contribution in [0.25, 0.3) is 22.1 Å². The molecule has 2 heterocycles. The highest BCUT2D eigenvalue weighted by molar-refractivity contribution is 7.08. The van der Waals surface area contributed by atoms with Crippen LogP contribution < -0.4 is 5.63 Å². The number of hydrogen-bond acceptors (Lipinski definition) is 4. The van der Waals surface area contributed by atoms with Gasteiger partial charge in [0.2, 0.25) is 0 Å². The molecule has 2 aromatic heterocycles. The van der Waals surface area contributed by atoms with Crippen LogP contribution in [0.2, 0.25) is 0 Å². The van der Waals surface area contributed by atoms with Gasteiger partial charge in [-0.3, -0.25) is 0 Å². The molecule has 0 bridgehead atoms. The summed E-state index contributed by atoms with van der Waals surface area (Å²) in [4.78, 5) is 11.6. The Bertz CT molecular complexity index is 741. The predicted molar refractivity (Wildman–Crippen MR) is 71.7 cm³/mol. The number of benzene rings is 1. The van der Waals surface area contributed by atoms with E-state index in [-0.39, 0.29) is 12.2 Å². The molecule has 3 aromatic rings. The van der Waals surface area contributed by atoms with Gasteiger partial charge >= 0.3 is 5.63 Å². The molecule has 0 radical (unpaired) electrons. The van der Waals surface area contributed by atoms with Gasteiger partial charge in [-0.05, 0) is 34.0 Å². The van der Waals surface area contributed by atoms with Crippen molar-refractivity contribution in [2.45, 2.75) is 6.61 Å². The summed E-state index contributed by atoms with van der Waals surface area (Å²) in [6, 6.07) is 8.88. The Hall–Kier alpha value is -1.91. The van der Waals surface area contributed by atoms with Crippen LogP contribution in [0.1, 0.15) is 5.56 Å². The summed E-state index contributed by atoms with van der Waals surface area (Å²) >= 11 is 1.58. The topological polar surface area (TPSA) is 50.4 Å². The van der Waals surface area contributed by atoms with Gasteiger partial charge in [0.15, 0.2) is 0 Å². The SMILES string of the molecule is O=c1cc(-c2ccsc2)c2ccc(CO)cc2o1. The summed E-state index contributed by atoms with van der Waals surface area (Å²) in [7, 11) is 0. The van der Waals surface area contributed by atoms with Gasteiger partial charge in [-0.1, -0.05) is 12.1 Å². The normalized spacial score (nSPS) is 10.9. The molecule has 0 aliphatic carbocycles. The summed E-state index contributed by atoms with van der Waals surface area (Å²) in [6.45, 7) is -0.0671. The number of rotatable bonds is 2. The Morgan fingerprint density at radius 3 is 2.83 bits per heavy atom. The average molecular weight is 258 g/mol. The van der Waals surface area contributed by atoms with Crippen LogP contribution in [0.5, 0.6) is 0 Å². The van der Waals surface area contributed by atoms with E-state index >= 15 is 0 Å². The summed E-state index contributed by atoms with van der Waals surface area (Å²) in [5.41, 5.74) is 2.74. The van der Waals surface area contributed by atoms with E-state index in [1.807, 2.05) is 29.0 Å². The first kappa shape index (κ1) is 11.2. The Balaban J connectivity index is 2.35. The molecule has 4 heteroatoms. The highest BCUT2D eigenvalue weighted by Gasteiger charge is 2.08. The van der Waals surface area contributed by atoms with E-state index in [0.29, 0.717) is 5.58 Å². The summed E-state index contributed by atoms with van der Waals surface area (Å²) in [6.07, 6.45) is 0. The lowest BCUT2D eigenvalue weighted by Crippen LogP contribution is -1.98. The fourth-order valence-electron chi connectivity index (χ4n) is 1.96. The standard InChI is InChI=1S/C14H10O3S/c15-7-9-1-2-11-12(10-3-4-18-8-10)6-14(16)17-13(11)5-9/h1-6,8,15H,7H2. The molecule has 0 saturated carbocycles. The van der Waals surface area contributed by atoms with Crippen LogP contribution in [0.15, 0.2) is 50.3 Å². The molecule has 3 nitrogen and oxygen atoms in total. The zero-order chi connectivity index (χ0) is 12.5. The third-order valence-electron chi connectivity index (χ3n) is 2.82. The Morgan fingerprint density at radius 2 is 2.11 bits per heavy atom. The maximum atomic E-state index is 11.6. The number of fused-ring (bicyclic) bond motifs is 1. The molecule has 3 rings (SSSR count). The van der Waals surface area contributed by atoms with E-state index in [1.165, 1.54) is 6.07 Å². The third kappa shape index (κ3) is 1.85. The second-order valence-corrected chi connectivity index (χ2v) is 4.76. The number of aliphatic hydroxyl groups is 1. The Kier molecular flexibility index (Phi) is 2.74. The van der Waals surface area contributed by atoms with Crippen LogP contribution in [-0.2, 0) is 6.61 Å². The van der Waals surface area contributed by atoms with E-state index < -0.39 is 0 Å². The molecule has 0 aliphatic rings. The van der Waals surface area contributed by atoms with E-state index in [4.69, 9.17) is 9.52 Å². The lowest BCUT2D eigenvalue weighted by Gasteiger charge is -2.04. The molecule has 0 spiro atoms. The van der Waals surface area contributed by atoms with E-state index in [1.54, 1.807) is 17.4 Å². The van der Waals surface area contributed by atoms with Crippen molar-refractivity contribution in [1.82, 2.24) is 0 Å².